The lowest BCUT2D eigenvalue weighted by molar-refractivity contribution is -0.116. The van der Waals surface area contributed by atoms with E-state index in [4.69, 9.17) is 0 Å². The van der Waals surface area contributed by atoms with Crippen LogP contribution in [0, 0.1) is 0 Å². The van der Waals surface area contributed by atoms with Gasteiger partial charge >= 0.3 is 0 Å². The maximum Gasteiger partial charge on any atom is 0.227 e. The van der Waals surface area contributed by atoms with Crippen LogP contribution in [0.3, 0.4) is 0 Å². The van der Waals surface area contributed by atoms with E-state index >= 15 is 0 Å². The summed E-state index contributed by atoms with van der Waals surface area (Å²) in [4.78, 5) is 26.9. The van der Waals surface area contributed by atoms with Crippen molar-refractivity contribution in [3.8, 4) is 0 Å². The molecule has 0 unspecified atom stereocenters. The van der Waals surface area contributed by atoms with Crippen LogP contribution < -0.4 is 10.6 Å². The van der Waals surface area contributed by atoms with E-state index in [1.54, 1.807) is 6.20 Å². The molecule has 1 aromatic carbocycles. The van der Waals surface area contributed by atoms with Crippen LogP contribution in [0.1, 0.15) is 12.0 Å². The van der Waals surface area contributed by atoms with Crippen molar-refractivity contribution in [1.29, 1.82) is 0 Å². The monoisotopic (exact) mass is 296 g/mol. The van der Waals surface area contributed by atoms with Crippen LogP contribution >= 0.6 is 0 Å². The first-order chi connectivity index (χ1) is 10.8. The molecule has 0 aliphatic rings. The van der Waals surface area contributed by atoms with Crippen molar-refractivity contribution in [2.45, 2.75) is 13.0 Å². The van der Waals surface area contributed by atoms with E-state index in [1.165, 1.54) is 11.9 Å². The molecule has 0 saturated heterocycles. The zero-order chi connectivity index (χ0) is 15.2. The maximum atomic E-state index is 11.9. The van der Waals surface area contributed by atoms with Gasteiger partial charge in [0.05, 0.1) is 6.20 Å². The van der Waals surface area contributed by atoms with Gasteiger partial charge < -0.3 is 10.3 Å². The van der Waals surface area contributed by atoms with Crippen LogP contribution in [0.15, 0.2) is 42.9 Å². The lowest BCUT2D eigenvalue weighted by atomic mass is 10.2. The molecule has 0 spiro atoms. The standard InChI is InChI=1S/C15H16N6O/c22-13(6-7-16-8-11-4-2-1-3-5-11)20-15-19-12-9-17-10-18-14(12)21-15/h1-5,9-10,16H,6-8H2,(H2,17,18,19,20,21,22). The molecule has 0 saturated carbocycles. The molecule has 1 amide bonds. The number of anilines is 1. The van der Waals surface area contributed by atoms with Gasteiger partial charge in [0.25, 0.3) is 0 Å². The SMILES string of the molecule is O=C(CCNCc1ccccc1)Nc1nc2cncnc2[nH]1. The molecular formula is C15H16N6O. The number of aromatic nitrogens is 4. The Morgan fingerprint density at radius 1 is 1.23 bits per heavy atom. The van der Waals surface area contributed by atoms with E-state index in [0.29, 0.717) is 30.1 Å². The van der Waals surface area contributed by atoms with E-state index in [1.807, 2.05) is 30.3 Å². The van der Waals surface area contributed by atoms with Gasteiger partial charge in [-0.2, -0.15) is 0 Å². The second-order valence-electron chi connectivity index (χ2n) is 4.80. The average Bonchev–Trinajstić information content (AvgIpc) is 2.94. The third-order valence-corrected chi connectivity index (χ3v) is 3.12. The lowest BCUT2D eigenvalue weighted by Gasteiger charge is -2.04. The minimum Gasteiger partial charge on any atom is -0.312 e. The second-order valence-corrected chi connectivity index (χ2v) is 4.80. The molecular weight excluding hydrogens is 280 g/mol. The smallest absolute Gasteiger partial charge is 0.227 e. The third-order valence-electron chi connectivity index (χ3n) is 3.12. The van der Waals surface area contributed by atoms with Gasteiger partial charge in [-0.25, -0.2) is 15.0 Å². The first-order valence-corrected chi connectivity index (χ1v) is 7.01. The highest BCUT2D eigenvalue weighted by atomic mass is 16.1. The molecule has 3 N–H and O–H groups in total. The molecule has 2 aromatic heterocycles. The van der Waals surface area contributed by atoms with Gasteiger partial charge in [0, 0.05) is 19.5 Å². The van der Waals surface area contributed by atoms with E-state index in [9.17, 15) is 4.79 Å². The van der Waals surface area contributed by atoms with Crippen LogP contribution in [0.4, 0.5) is 5.95 Å². The number of hydrogen-bond acceptors (Lipinski definition) is 5. The van der Waals surface area contributed by atoms with Gasteiger partial charge in [0.2, 0.25) is 11.9 Å². The van der Waals surface area contributed by atoms with Crippen molar-refractivity contribution >= 4 is 23.0 Å². The number of aromatic amines is 1. The van der Waals surface area contributed by atoms with Gasteiger partial charge in [0.15, 0.2) is 5.65 Å². The average molecular weight is 296 g/mol. The van der Waals surface area contributed by atoms with Gasteiger partial charge in [-0.15, -0.1) is 0 Å². The number of nitrogens with zero attached hydrogens (tertiary/aromatic N) is 3. The van der Waals surface area contributed by atoms with Crippen molar-refractivity contribution in [2.75, 3.05) is 11.9 Å². The summed E-state index contributed by atoms with van der Waals surface area (Å²) in [7, 11) is 0. The summed E-state index contributed by atoms with van der Waals surface area (Å²) < 4.78 is 0. The molecule has 3 aromatic rings. The van der Waals surface area contributed by atoms with Gasteiger partial charge in [-0.05, 0) is 5.56 Å². The van der Waals surface area contributed by atoms with Crippen LogP contribution in [0.5, 0.6) is 0 Å². The Hall–Kier alpha value is -2.80. The number of carbonyl (C=O) groups excluding carboxylic acids is 1. The van der Waals surface area contributed by atoms with Gasteiger partial charge in [0.1, 0.15) is 11.8 Å². The normalized spacial score (nSPS) is 10.7. The third kappa shape index (κ3) is 3.64. The molecule has 2 heterocycles. The minimum absolute atomic E-state index is 0.104. The molecule has 0 aliphatic heterocycles. The van der Waals surface area contributed by atoms with Crippen molar-refractivity contribution in [3.05, 3.63) is 48.4 Å². The predicted octanol–water partition coefficient (Wildman–Crippen LogP) is 1.47. The molecule has 7 heteroatoms. The molecule has 0 fully saturated rings. The fourth-order valence-corrected chi connectivity index (χ4v) is 2.05. The Bertz CT molecular complexity index is 722. The summed E-state index contributed by atoms with van der Waals surface area (Å²) in [6, 6.07) is 10.1. The number of hydrogen-bond donors (Lipinski definition) is 3. The maximum absolute atomic E-state index is 11.9. The van der Waals surface area contributed by atoms with E-state index in [2.05, 4.69) is 30.6 Å². The number of H-pyrrole nitrogens is 1. The summed E-state index contributed by atoms with van der Waals surface area (Å²) in [6.45, 7) is 1.34. The minimum atomic E-state index is -0.104. The Morgan fingerprint density at radius 2 is 2.09 bits per heavy atom. The van der Waals surface area contributed by atoms with Crippen LogP contribution in [-0.2, 0) is 11.3 Å². The quantitative estimate of drug-likeness (QED) is 0.599. The number of imidazole rings is 1. The highest BCUT2D eigenvalue weighted by molar-refractivity contribution is 5.90. The number of benzene rings is 1. The second kappa shape index (κ2) is 6.77. The summed E-state index contributed by atoms with van der Waals surface area (Å²) in [5.41, 5.74) is 2.42. The molecule has 0 radical (unpaired) electrons. The zero-order valence-electron chi connectivity index (χ0n) is 11.9. The van der Waals surface area contributed by atoms with Crippen molar-refractivity contribution in [2.24, 2.45) is 0 Å². The van der Waals surface area contributed by atoms with Crippen LogP contribution in [0.25, 0.3) is 11.2 Å². The highest BCUT2D eigenvalue weighted by Crippen LogP contribution is 2.09. The summed E-state index contributed by atoms with van der Waals surface area (Å²) in [5.74, 6) is 0.288. The van der Waals surface area contributed by atoms with E-state index in [-0.39, 0.29) is 5.91 Å². The highest BCUT2D eigenvalue weighted by Gasteiger charge is 2.07. The Balaban J connectivity index is 1.44. The fraction of sp³-hybridized carbons (Fsp3) is 0.200. The van der Waals surface area contributed by atoms with E-state index < -0.39 is 0 Å². The number of carbonyl (C=O) groups is 1. The molecule has 112 valence electrons. The molecule has 7 nitrogen and oxygen atoms in total. The molecule has 0 aliphatic carbocycles. The van der Waals surface area contributed by atoms with Crippen molar-refractivity contribution in [3.63, 3.8) is 0 Å². The Kier molecular flexibility index (Phi) is 4.35. The predicted molar refractivity (Wildman–Crippen MR) is 83.1 cm³/mol. The summed E-state index contributed by atoms with van der Waals surface area (Å²) >= 11 is 0. The zero-order valence-corrected chi connectivity index (χ0v) is 11.9. The Morgan fingerprint density at radius 3 is 2.91 bits per heavy atom. The first-order valence-electron chi connectivity index (χ1n) is 7.01. The first kappa shape index (κ1) is 14.2. The van der Waals surface area contributed by atoms with E-state index in [0.717, 1.165) is 6.54 Å². The summed E-state index contributed by atoms with van der Waals surface area (Å²) in [6.07, 6.45) is 3.39. The lowest BCUT2D eigenvalue weighted by Crippen LogP contribution is -2.21. The number of nitrogens with one attached hydrogen (secondary N) is 3. The van der Waals surface area contributed by atoms with Crippen LogP contribution in [0.2, 0.25) is 0 Å². The fourth-order valence-electron chi connectivity index (χ4n) is 2.05. The number of fused-ring (bicyclic) bond motifs is 1. The van der Waals surface area contributed by atoms with Gasteiger partial charge in [-0.1, -0.05) is 30.3 Å². The molecule has 0 bridgehead atoms. The largest absolute Gasteiger partial charge is 0.312 e. The Labute approximate surface area is 127 Å². The molecule has 3 rings (SSSR count). The molecule has 0 atom stereocenters. The summed E-state index contributed by atoms with van der Waals surface area (Å²) in [5, 5.41) is 5.95. The number of amides is 1. The molecule has 22 heavy (non-hydrogen) atoms. The van der Waals surface area contributed by atoms with Crippen molar-refractivity contribution < 1.29 is 4.79 Å². The number of rotatable bonds is 6. The van der Waals surface area contributed by atoms with Crippen molar-refractivity contribution in [1.82, 2.24) is 25.3 Å². The van der Waals surface area contributed by atoms with Crippen LogP contribution in [-0.4, -0.2) is 32.4 Å². The topological polar surface area (TPSA) is 95.6 Å². The van der Waals surface area contributed by atoms with Gasteiger partial charge in [-0.3, -0.25) is 10.1 Å².